The highest BCUT2D eigenvalue weighted by molar-refractivity contribution is 6.30. The van der Waals surface area contributed by atoms with Crippen LogP contribution in [0.15, 0.2) is 36.7 Å². The molecule has 0 spiro atoms. The fraction of sp³-hybridized carbons (Fsp3) is 0.250. The highest BCUT2D eigenvalue weighted by Gasteiger charge is 2.22. The van der Waals surface area contributed by atoms with Crippen LogP contribution >= 0.6 is 11.6 Å². The van der Waals surface area contributed by atoms with Gasteiger partial charge in [0.05, 0.1) is 0 Å². The average Bonchev–Trinajstić information content (AvgIpc) is 2.95. The summed E-state index contributed by atoms with van der Waals surface area (Å²) in [5.74, 6) is 0.893. The molecule has 3 rings (SSSR count). The van der Waals surface area contributed by atoms with E-state index in [-0.39, 0.29) is 0 Å². The maximum Gasteiger partial charge on any atom is 0.207 e. The number of aromatic nitrogens is 2. The minimum atomic E-state index is 0.598. The molecule has 1 fully saturated rings. The molecule has 16 heavy (non-hydrogen) atoms. The number of anilines is 1. The highest BCUT2D eigenvalue weighted by atomic mass is 35.5. The number of nitrogens with zero attached hydrogens (tertiary/aromatic N) is 2. The Hall–Kier alpha value is -1.48. The van der Waals surface area contributed by atoms with Gasteiger partial charge in [0.25, 0.3) is 0 Å². The fourth-order valence-corrected chi connectivity index (χ4v) is 1.84. The van der Waals surface area contributed by atoms with Crippen LogP contribution in [0.4, 0.5) is 5.95 Å². The lowest BCUT2D eigenvalue weighted by atomic mass is 10.3. The van der Waals surface area contributed by atoms with Gasteiger partial charge < -0.3 is 5.32 Å². The summed E-state index contributed by atoms with van der Waals surface area (Å²) in [5, 5.41) is 4.13. The topological polar surface area (TPSA) is 29.9 Å². The van der Waals surface area contributed by atoms with Crippen LogP contribution in [0, 0.1) is 0 Å². The van der Waals surface area contributed by atoms with Gasteiger partial charge in [-0.25, -0.2) is 4.98 Å². The van der Waals surface area contributed by atoms with Gasteiger partial charge in [0, 0.05) is 29.1 Å². The van der Waals surface area contributed by atoms with Crippen LogP contribution in [0.3, 0.4) is 0 Å². The Kier molecular flexibility index (Phi) is 2.33. The Balaban J connectivity index is 1.95. The second-order valence-electron chi connectivity index (χ2n) is 4.02. The maximum absolute atomic E-state index is 5.98. The third-order valence-corrected chi connectivity index (χ3v) is 2.87. The summed E-state index contributed by atoms with van der Waals surface area (Å²) in [4.78, 5) is 4.31. The molecule has 1 aliphatic rings. The van der Waals surface area contributed by atoms with Crippen LogP contribution < -0.4 is 5.32 Å². The van der Waals surface area contributed by atoms with E-state index in [1.165, 1.54) is 12.8 Å². The Morgan fingerprint density at radius 2 is 2.25 bits per heavy atom. The first kappa shape index (κ1) is 9.73. The average molecular weight is 234 g/mol. The first-order valence-corrected chi connectivity index (χ1v) is 5.76. The summed E-state index contributed by atoms with van der Waals surface area (Å²) < 4.78 is 2.02. The predicted octanol–water partition coefficient (Wildman–Crippen LogP) is 3.10. The largest absolute Gasteiger partial charge is 0.353 e. The van der Waals surface area contributed by atoms with E-state index in [9.17, 15) is 0 Å². The lowest BCUT2D eigenvalue weighted by molar-refractivity contribution is 1.00. The number of halogens is 1. The number of rotatable bonds is 3. The highest BCUT2D eigenvalue weighted by Crippen LogP contribution is 2.25. The Morgan fingerprint density at radius 1 is 1.38 bits per heavy atom. The summed E-state index contributed by atoms with van der Waals surface area (Å²) in [5.41, 5.74) is 1.04. The lowest BCUT2D eigenvalue weighted by Gasteiger charge is -2.09. The number of imidazole rings is 1. The summed E-state index contributed by atoms with van der Waals surface area (Å²) in [6.45, 7) is 0. The van der Waals surface area contributed by atoms with Crippen LogP contribution in [-0.2, 0) is 0 Å². The van der Waals surface area contributed by atoms with Crippen molar-refractivity contribution in [3.63, 3.8) is 0 Å². The van der Waals surface area contributed by atoms with Crippen molar-refractivity contribution in [1.29, 1.82) is 0 Å². The molecular weight excluding hydrogens is 222 g/mol. The van der Waals surface area contributed by atoms with Crippen molar-refractivity contribution in [2.75, 3.05) is 5.32 Å². The van der Waals surface area contributed by atoms with Crippen LogP contribution in [-0.4, -0.2) is 15.6 Å². The predicted molar refractivity (Wildman–Crippen MR) is 65.2 cm³/mol. The number of benzene rings is 1. The molecule has 1 aromatic carbocycles. The van der Waals surface area contributed by atoms with Crippen molar-refractivity contribution in [3.05, 3.63) is 41.7 Å². The molecule has 1 aliphatic carbocycles. The van der Waals surface area contributed by atoms with Crippen molar-refractivity contribution in [2.24, 2.45) is 0 Å². The van der Waals surface area contributed by atoms with Crippen LogP contribution in [0.1, 0.15) is 12.8 Å². The van der Waals surface area contributed by atoms with Crippen molar-refractivity contribution >= 4 is 17.5 Å². The lowest BCUT2D eigenvalue weighted by Crippen LogP contribution is -2.07. The molecule has 1 heterocycles. The minimum absolute atomic E-state index is 0.598. The Bertz CT molecular complexity index is 502. The van der Waals surface area contributed by atoms with Crippen LogP contribution in [0.2, 0.25) is 5.02 Å². The summed E-state index contributed by atoms with van der Waals surface area (Å²) >= 11 is 5.98. The van der Waals surface area contributed by atoms with Crippen LogP contribution in [0.5, 0.6) is 0 Å². The third-order valence-electron chi connectivity index (χ3n) is 2.64. The molecule has 0 unspecified atom stereocenters. The molecule has 0 radical (unpaired) electrons. The van der Waals surface area contributed by atoms with E-state index in [2.05, 4.69) is 10.3 Å². The van der Waals surface area contributed by atoms with Gasteiger partial charge in [-0.2, -0.15) is 0 Å². The van der Waals surface area contributed by atoms with Gasteiger partial charge in [-0.15, -0.1) is 0 Å². The molecule has 0 bridgehead atoms. The molecule has 0 atom stereocenters. The molecule has 1 N–H and O–H groups in total. The zero-order valence-electron chi connectivity index (χ0n) is 8.73. The first-order valence-electron chi connectivity index (χ1n) is 5.39. The Labute approximate surface area is 99.1 Å². The van der Waals surface area contributed by atoms with E-state index in [1.807, 2.05) is 35.0 Å². The summed E-state index contributed by atoms with van der Waals surface area (Å²) in [7, 11) is 0. The molecule has 0 aliphatic heterocycles. The molecule has 82 valence electrons. The van der Waals surface area contributed by atoms with E-state index in [1.54, 1.807) is 6.20 Å². The standard InChI is InChI=1S/C12H12ClN3/c13-9-2-1-3-11(8-9)16-7-6-14-12(16)15-10-4-5-10/h1-3,6-8,10H,4-5H2,(H,14,15). The van der Waals surface area contributed by atoms with E-state index in [0.29, 0.717) is 6.04 Å². The molecule has 1 aromatic heterocycles. The summed E-state index contributed by atoms with van der Waals surface area (Å²) in [6, 6.07) is 8.36. The van der Waals surface area contributed by atoms with E-state index in [0.717, 1.165) is 16.7 Å². The van der Waals surface area contributed by atoms with Crippen molar-refractivity contribution in [1.82, 2.24) is 9.55 Å². The maximum atomic E-state index is 5.98. The van der Waals surface area contributed by atoms with Crippen molar-refractivity contribution in [3.8, 4) is 5.69 Å². The second-order valence-corrected chi connectivity index (χ2v) is 4.46. The van der Waals surface area contributed by atoms with Gasteiger partial charge in [-0.05, 0) is 31.0 Å². The molecule has 4 heteroatoms. The van der Waals surface area contributed by atoms with Crippen LogP contribution in [0.25, 0.3) is 5.69 Å². The van der Waals surface area contributed by atoms with Gasteiger partial charge in [0.1, 0.15) is 0 Å². The minimum Gasteiger partial charge on any atom is -0.353 e. The molecule has 2 aromatic rings. The molecule has 1 saturated carbocycles. The van der Waals surface area contributed by atoms with Gasteiger partial charge in [0.15, 0.2) is 0 Å². The van der Waals surface area contributed by atoms with Gasteiger partial charge >= 0.3 is 0 Å². The van der Waals surface area contributed by atoms with Gasteiger partial charge in [-0.3, -0.25) is 4.57 Å². The van der Waals surface area contributed by atoms with E-state index in [4.69, 9.17) is 11.6 Å². The number of nitrogens with one attached hydrogen (secondary N) is 1. The van der Waals surface area contributed by atoms with Gasteiger partial charge in [0.2, 0.25) is 5.95 Å². The number of hydrogen-bond donors (Lipinski definition) is 1. The molecule has 0 amide bonds. The SMILES string of the molecule is Clc1cccc(-n2ccnc2NC2CC2)c1. The van der Waals surface area contributed by atoms with Crippen molar-refractivity contribution in [2.45, 2.75) is 18.9 Å². The number of hydrogen-bond acceptors (Lipinski definition) is 2. The van der Waals surface area contributed by atoms with Crippen molar-refractivity contribution < 1.29 is 0 Å². The van der Waals surface area contributed by atoms with E-state index < -0.39 is 0 Å². The first-order chi connectivity index (χ1) is 7.83. The van der Waals surface area contributed by atoms with Gasteiger partial charge in [-0.1, -0.05) is 17.7 Å². The molecule has 0 saturated heterocycles. The smallest absolute Gasteiger partial charge is 0.207 e. The monoisotopic (exact) mass is 233 g/mol. The zero-order valence-corrected chi connectivity index (χ0v) is 9.48. The molecular formula is C12H12ClN3. The third kappa shape index (κ3) is 1.91. The fourth-order valence-electron chi connectivity index (χ4n) is 1.65. The second kappa shape index (κ2) is 3.83. The zero-order chi connectivity index (χ0) is 11.0. The quantitative estimate of drug-likeness (QED) is 0.883. The normalized spacial score (nSPS) is 15.1. The Morgan fingerprint density at radius 3 is 3.00 bits per heavy atom. The molecule has 3 nitrogen and oxygen atoms in total. The summed E-state index contributed by atoms with van der Waals surface area (Å²) in [6.07, 6.45) is 6.22. The van der Waals surface area contributed by atoms with E-state index >= 15 is 0 Å².